The molecule has 0 aliphatic heterocycles. The number of methoxy groups -OCH3 is 1. The number of hydrogen-bond acceptors (Lipinski definition) is 5. The molecular weight excluding hydrogens is 228 g/mol. The third-order valence-electron chi connectivity index (χ3n) is 3.33. The molecule has 1 rings (SSSR count). The molecule has 0 saturated carbocycles. The average Bonchev–Trinajstić information content (AvgIpc) is 2.40. The summed E-state index contributed by atoms with van der Waals surface area (Å²) in [5, 5.41) is 0. The lowest BCUT2D eigenvalue weighted by atomic mass is 10.0. The lowest BCUT2D eigenvalue weighted by molar-refractivity contribution is 0.409. The monoisotopic (exact) mass is 252 g/mol. The molecule has 18 heavy (non-hydrogen) atoms. The first-order valence-electron chi connectivity index (χ1n) is 6.57. The van der Waals surface area contributed by atoms with Crippen LogP contribution in [0.1, 0.15) is 33.6 Å². The standard InChI is InChI=1S/C13H24N4O/c1-5-10(6-2)8-17(7-3)13-11(18-4)12(14)15-9-16-13/h9-10H,5-8H2,1-4H3,(H2,14,15,16). The number of nitrogens with two attached hydrogens (primary N) is 1. The summed E-state index contributed by atoms with van der Waals surface area (Å²) in [7, 11) is 1.60. The lowest BCUT2D eigenvalue weighted by Crippen LogP contribution is -2.30. The third kappa shape index (κ3) is 3.24. The first-order chi connectivity index (χ1) is 8.67. The molecule has 0 radical (unpaired) electrons. The fourth-order valence-electron chi connectivity index (χ4n) is 2.02. The molecule has 0 fully saturated rings. The van der Waals surface area contributed by atoms with Crippen molar-refractivity contribution in [3.8, 4) is 5.75 Å². The number of aromatic nitrogens is 2. The van der Waals surface area contributed by atoms with E-state index >= 15 is 0 Å². The number of nitrogens with zero attached hydrogens (tertiary/aromatic N) is 3. The van der Waals surface area contributed by atoms with E-state index in [4.69, 9.17) is 10.5 Å². The van der Waals surface area contributed by atoms with Crippen LogP contribution >= 0.6 is 0 Å². The Morgan fingerprint density at radius 3 is 2.44 bits per heavy atom. The first-order valence-corrected chi connectivity index (χ1v) is 6.57. The minimum atomic E-state index is 0.394. The van der Waals surface area contributed by atoms with E-state index < -0.39 is 0 Å². The predicted octanol–water partition coefficient (Wildman–Crippen LogP) is 2.33. The van der Waals surface area contributed by atoms with Gasteiger partial charge in [-0.05, 0) is 12.8 Å². The predicted molar refractivity (Wildman–Crippen MR) is 75.0 cm³/mol. The van der Waals surface area contributed by atoms with E-state index in [1.807, 2.05) is 0 Å². The number of anilines is 2. The Morgan fingerprint density at radius 2 is 1.94 bits per heavy atom. The molecule has 0 atom stereocenters. The second kappa shape index (κ2) is 7.03. The van der Waals surface area contributed by atoms with Crippen molar-refractivity contribution in [2.75, 3.05) is 30.8 Å². The highest BCUT2D eigenvalue weighted by molar-refractivity contribution is 5.62. The molecule has 0 aromatic carbocycles. The van der Waals surface area contributed by atoms with Crippen molar-refractivity contribution in [2.24, 2.45) is 5.92 Å². The number of nitrogen functional groups attached to an aromatic ring is 1. The number of rotatable bonds is 7. The Labute approximate surface area is 109 Å². The number of hydrogen-bond donors (Lipinski definition) is 1. The molecule has 0 bridgehead atoms. The van der Waals surface area contributed by atoms with Gasteiger partial charge in [0.25, 0.3) is 0 Å². The Kier molecular flexibility index (Phi) is 5.68. The van der Waals surface area contributed by atoms with E-state index in [0.717, 1.165) is 31.7 Å². The van der Waals surface area contributed by atoms with Gasteiger partial charge >= 0.3 is 0 Å². The maximum absolute atomic E-state index is 5.82. The van der Waals surface area contributed by atoms with Crippen molar-refractivity contribution >= 4 is 11.6 Å². The summed E-state index contributed by atoms with van der Waals surface area (Å²) in [6.45, 7) is 8.39. The summed E-state index contributed by atoms with van der Waals surface area (Å²) in [5.41, 5.74) is 5.82. The van der Waals surface area contributed by atoms with E-state index in [2.05, 4.69) is 35.6 Å². The van der Waals surface area contributed by atoms with Crippen LogP contribution in [-0.2, 0) is 0 Å². The van der Waals surface area contributed by atoms with Gasteiger partial charge in [-0.3, -0.25) is 0 Å². The van der Waals surface area contributed by atoms with Gasteiger partial charge in [-0.1, -0.05) is 26.7 Å². The van der Waals surface area contributed by atoms with Gasteiger partial charge in [0.15, 0.2) is 11.6 Å². The van der Waals surface area contributed by atoms with Crippen LogP contribution in [0.2, 0.25) is 0 Å². The van der Waals surface area contributed by atoms with E-state index in [9.17, 15) is 0 Å². The van der Waals surface area contributed by atoms with Crippen molar-refractivity contribution in [3.05, 3.63) is 6.33 Å². The van der Waals surface area contributed by atoms with Crippen LogP contribution in [0.3, 0.4) is 0 Å². The molecule has 0 aliphatic carbocycles. The maximum Gasteiger partial charge on any atom is 0.204 e. The van der Waals surface area contributed by atoms with Gasteiger partial charge in [0.05, 0.1) is 7.11 Å². The number of ether oxygens (including phenoxy) is 1. The molecule has 0 amide bonds. The SMILES string of the molecule is CCC(CC)CN(CC)c1ncnc(N)c1OC. The van der Waals surface area contributed by atoms with E-state index in [-0.39, 0.29) is 0 Å². The highest BCUT2D eigenvalue weighted by Gasteiger charge is 2.18. The van der Waals surface area contributed by atoms with Crippen molar-refractivity contribution < 1.29 is 4.74 Å². The summed E-state index contributed by atoms with van der Waals surface area (Å²) >= 11 is 0. The minimum Gasteiger partial charge on any atom is -0.490 e. The Balaban J connectivity index is 2.97. The first kappa shape index (κ1) is 14.5. The van der Waals surface area contributed by atoms with E-state index in [1.54, 1.807) is 7.11 Å². The molecule has 1 aromatic rings. The fraction of sp³-hybridized carbons (Fsp3) is 0.692. The van der Waals surface area contributed by atoms with Crippen LogP contribution in [-0.4, -0.2) is 30.2 Å². The second-order valence-corrected chi connectivity index (χ2v) is 4.34. The molecule has 0 spiro atoms. The van der Waals surface area contributed by atoms with Crippen LogP contribution < -0.4 is 15.4 Å². The summed E-state index contributed by atoms with van der Waals surface area (Å²) < 4.78 is 5.32. The molecule has 0 aliphatic rings. The summed E-state index contributed by atoms with van der Waals surface area (Å²) in [5.74, 6) is 2.42. The molecule has 102 valence electrons. The van der Waals surface area contributed by atoms with E-state index in [1.165, 1.54) is 6.33 Å². The molecule has 2 N–H and O–H groups in total. The zero-order valence-electron chi connectivity index (χ0n) is 11.8. The Hall–Kier alpha value is -1.52. The van der Waals surface area contributed by atoms with Gasteiger partial charge in [0.2, 0.25) is 5.75 Å². The fourth-order valence-corrected chi connectivity index (χ4v) is 2.02. The van der Waals surface area contributed by atoms with E-state index in [0.29, 0.717) is 17.5 Å². The van der Waals surface area contributed by atoms with Crippen LogP contribution in [0.4, 0.5) is 11.6 Å². The Bertz CT molecular complexity index is 366. The third-order valence-corrected chi connectivity index (χ3v) is 3.33. The van der Waals surface area contributed by atoms with Crippen LogP contribution in [0.15, 0.2) is 6.33 Å². The van der Waals surface area contributed by atoms with Crippen LogP contribution in [0, 0.1) is 5.92 Å². The summed E-state index contributed by atoms with van der Waals surface area (Å²) in [6.07, 6.45) is 3.81. The maximum atomic E-state index is 5.82. The van der Waals surface area contributed by atoms with Crippen molar-refractivity contribution in [3.63, 3.8) is 0 Å². The molecule has 1 heterocycles. The average molecular weight is 252 g/mol. The van der Waals surface area contributed by atoms with Gasteiger partial charge < -0.3 is 15.4 Å². The van der Waals surface area contributed by atoms with Crippen molar-refractivity contribution in [2.45, 2.75) is 33.6 Å². The molecule has 0 unspecified atom stereocenters. The zero-order valence-corrected chi connectivity index (χ0v) is 11.8. The quantitative estimate of drug-likeness (QED) is 0.807. The van der Waals surface area contributed by atoms with Crippen molar-refractivity contribution in [1.29, 1.82) is 0 Å². The topological polar surface area (TPSA) is 64.3 Å². The van der Waals surface area contributed by atoms with Gasteiger partial charge in [-0.2, -0.15) is 0 Å². The highest BCUT2D eigenvalue weighted by atomic mass is 16.5. The lowest BCUT2D eigenvalue weighted by Gasteiger charge is -2.27. The van der Waals surface area contributed by atoms with Gasteiger partial charge in [-0.25, -0.2) is 9.97 Å². The minimum absolute atomic E-state index is 0.394. The molecule has 0 saturated heterocycles. The zero-order chi connectivity index (χ0) is 13.5. The summed E-state index contributed by atoms with van der Waals surface area (Å²) in [6, 6.07) is 0. The second-order valence-electron chi connectivity index (χ2n) is 4.34. The molecule has 5 heteroatoms. The largest absolute Gasteiger partial charge is 0.490 e. The highest BCUT2D eigenvalue weighted by Crippen LogP contribution is 2.30. The normalized spacial score (nSPS) is 10.7. The smallest absolute Gasteiger partial charge is 0.204 e. The molecule has 5 nitrogen and oxygen atoms in total. The molecule has 1 aromatic heterocycles. The van der Waals surface area contributed by atoms with Gasteiger partial charge in [0.1, 0.15) is 6.33 Å². The van der Waals surface area contributed by atoms with Gasteiger partial charge in [0, 0.05) is 13.1 Å². The Morgan fingerprint density at radius 1 is 1.28 bits per heavy atom. The van der Waals surface area contributed by atoms with Crippen LogP contribution in [0.25, 0.3) is 0 Å². The van der Waals surface area contributed by atoms with Gasteiger partial charge in [-0.15, -0.1) is 0 Å². The van der Waals surface area contributed by atoms with Crippen molar-refractivity contribution in [1.82, 2.24) is 9.97 Å². The van der Waals surface area contributed by atoms with Crippen LogP contribution in [0.5, 0.6) is 5.75 Å². The summed E-state index contributed by atoms with van der Waals surface area (Å²) in [4.78, 5) is 10.5. The molecular formula is C13H24N4O.